The SMILES string of the molecule is C=C(NCc1ccc(/C=C(\C)CNCC2(CCC)CCC2)c(C)c1)/C(C=N)=C(\C=C/C)C(=C\C)/N1CC2(COC2)C1. The molecule has 222 valence electrons. The molecule has 1 saturated carbocycles. The number of nitrogens with one attached hydrogen (secondary N) is 3. The summed E-state index contributed by atoms with van der Waals surface area (Å²) in [5.74, 6) is 0. The Morgan fingerprint density at radius 1 is 1.17 bits per heavy atom. The van der Waals surface area contributed by atoms with Gasteiger partial charge in [0.2, 0.25) is 0 Å². The predicted molar refractivity (Wildman–Crippen MR) is 174 cm³/mol. The first-order valence-corrected chi connectivity index (χ1v) is 15.5. The van der Waals surface area contributed by atoms with Crippen LogP contribution in [0.15, 0.2) is 71.1 Å². The molecule has 2 aliphatic heterocycles. The van der Waals surface area contributed by atoms with Crippen molar-refractivity contribution in [3.63, 3.8) is 0 Å². The van der Waals surface area contributed by atoms with Crippen LogP contribution < -0.4 is 10.6 Å². The summed E-state index contributed by atoms with van der Waals surface area (Å²) in [7, 11) is 0. The fraction of sp³-hybridized carbons (Fsp3) is 0.528. The minimum absolute atomic E-state index is 0.331. The highest BCUT2D eigenvalue weighted by atomic mass is 16.5. The van der Waals surface area contributed by atoms with E-state index in [0.717, 1.165) is 61.9 Å². The van der Waals surface area contributed by atoms with E-state index < -0.39 is 0 Å². The molecular weight excluding hydrogens is 504 g/mol. The Morgan fingerprint density at radius 3 is 2.46 bits per heavy atom. The Hall–Kier alpha value is -2.89. The minimum Gasteiger partial charge on any atom is -0.381 e. The smallest absolute Gasteiger partial charge is 0.0579 e. The van der Waals surface area contributed by atoms with E-state index in [2.05, 4.69) is 86.2 Å². The monoisotopic (exact) mass is 556 g/mol. The van der Waals surface area contributed by atoms with Gasteiger partial charge in [-0.15, -0.1) is 0 Å². The minimum atomic E-state index is 0.331. The van der Waals surface area contributed by atoms with Crippen LogP contribution in [-0.2, 0) is 11.3 Å². The summed E-state index contributed by atoms with van der Waals surface area (Å²) in [5, 5.41) is 15.5. The van der Waals surface area contributed by atoms with Crippen molar-refractivity contribution >= 4 is 12.3 Å². The van der Waals surface area contributed by atoms with Gasteiger partial charge in [-0.1, -0.05) is 74.4 Å². The van der Waals surface area contributed by atoms with Crippen LogP contribution in [0.2, 0.25) is 0 Å². The van der Waals surface area contributed by atoms with Crippen molar-refractivity contribution in [1.29, 1.82) is 5.41 Å². The lowest BCUT2D eigenvalue weighted by Gasteiger charge is -2.56. The van der Waals surface area contributed by atoms with E-state index in [-0.39, 0.29) is 0 Å². The molecule has 3 N–H and O–H groups in total. The molecule has 0 atom stereocenters. The van der Waals surface area contributed by atoms with Gasteiger partial charge in [-0.3, -0.25) is 0 Å². The number of hydrogen-bond acceptors (Lipinski definition) is 5. The van der Waals surface area contributed by atoms with E-state index in [9.17, 15) is 0 Å². The van der Waals surface area contributed by atoms with Crippen LogP contribution in [0.3, 0.4) is 0 Å². The van der Waals surface area contributed by atoms with Crippen molar-refractivity contribution in [2.75, 3.05) is 39.4 Å². The maximum Gasteiger partial charge on any atom is 0.0579 e. The Bertz CT molecular complexity index is 1220. The molecule has 0 radical (unpaired) electrons. The molecule has 1 aliphatic carbocycles. The largest absolute Gasteiger partial charge is 0.381 e. The summed E-state index contributed by atoms with van der Waals surface area (Å²) in [6.07, 6.45) is 16.8. The third kappa shape index (κ3) is 7.31. The second-order valence-electron chi connectivity index (χ2n) is 12.7. The molecule has 41 heavy (non-hydrogen) atoms. The van der Waals surface area contributed by atoms with Crippen LogP contribution in [0.1, 0.15) is 76.5 Å². The summed E-state index contributed by atoms with van der Waals surface area (Å²) >= 11 is 0. The number of aryl methyl sites for hydroxylation is 1. The fourth-order valence-corrected chi connectivity index (χ4v) is 6.70. The molecule has 0 amide bonds. The van der Waals surface area contributed by atoms with Gasteiger partial charge < -0.3 is 25.7 Å². The maximum absolute atomic E-state index is 8.24. The second-order valence-corrected chi connectivity index (χ2v) is 12.7. The first-order valence-electron chi connectivity index (χ1n) is 15.5. The first kappa shape index (κ1) is 31.1. The Morgan fingerprint density at radius 2 is 1.93 bits per heavy atom. The number of allylic oxidation sites excluding steroid dienone is 4. The van der Waals surface area contributed by atoms with Gasteiger partial charge in [0.1, 0.15) is 0 Å². The molecule has 1 aromatic rings. The number of hydrogen-bond donors (Lipinski definition) is 3. The van der Waals surface area contributed by atoms with Gasteiger partial charge in [0.15, 0.2) is 0 Å². The Balaban J connectivity index is 1.36. The van der Waals surface area contributed by atoms with Crippen molar-refractivity contribution in [1.82, 2.24) is 15.5 Å². The zero-order valence-electron chi connectivity index (χ0n) is 26.2. The van der Waals surface area contributed by atoms with Gasteiger partial charge >= 0.3 is 0 Å². The maximum atomic E-state index is 8.24. The number of ether oxygens (including phenoxy) is 1. The zero-order valence-corrected chi connectivity index (χ0v) is 26.2. The third-order valence-corrected chi connectivity index (χ3v) is 9.19. The molecule has 0 bridgehead atoms. The van der Waals surface area contributed by atoms with Crippen molar-refractivity contribution in [2.24, 2.45) is 10.8 Å². The topological polar surface area (TPSA) is 60.4 Å². The van der Waals surface area contributed by atoms with Crippen LogP contribution in [0.25, 0.3) is 6.08 Å². The van der Waals surface area contributed by atoms with Crippen LogP contribution in [-0.4, -0.2) is 50.5 Å². The molecule has 0 unspecified atom stereocenters. The van der Waals surface area contributed by atoms with Gasteiger partial charge in [0.05, 0.1) is 18.6 Å². The molecule has 5 nitrogen and oxygen atoms in total. The second kappa shape index (κ2) is 13.8. The molecule has 0 aromatic heterocycles. The van der Waals surface area contributed by atoms with Crippen LogP contribution in [0.5, 0.6) is 0 Å². The quantitative estimate of drug-likeness (QED) is 0.156. The van der Waals surface area contributed by atoms with Crippen LogP contribution >= 0.6 is 0 Å². The standard InChI is InChI=1S/C36H52N4O/c1-7-11-32(34(9-3)40-23-36(24-40)25-41-26-36)33(19-37)29(6)39-21-30-12-13-31(28(5)18-30)17-27(4)20-38-22-35(14-8-2)15-10-16-35/h7,9,11-13,17-19,37-39H,6,8,10,14-16,20-26H2,1-5H3/b11-7-,27-17+,33-32+,34-9+,37-19?. The lowest BCUT2D eigenvalue weighted by Crippen LogP contribution is -2.65. The molecule has 1 spiro atoms. The van der Waals surface area contributed by atoms with E-state index in [1.165, 1.54) is 60.6 Å². The molecule has 2 heterocycles. The predicted octanol–water partition coefficient (Wildman–Crippen LogP) is 7.32. The summed E-state index contributed by atoms with van der Waals surface area (Å²) in [5.41, 5.74) is 9.80. The van der Waals surface area contributed by atoms with Gasteiger partial charge in [-0.25, -0.2) is 0 Å². The highest BCUT2D eigenvalue weighted by molar-refractivity contribution is 5.85. The first-order chi connectivity index (χ1) is 19.8. The van der Waals surface area contributed by atoms with E-state index in [1.807, 2.05) is 13.0 Å². The molecule has 3 fully saturated rings. The van der Waals surface area contributed by atoms with Gasteiger partial charge in [0.25, 0.3) is 0 Å². The fourth-order valence-electron chi connectivity index (χ4n) is 6.70. The number of likely N-dealkylation sites (tertiary alicyclic amines) is 1. The van der Waals surface area contributed by atoms with Crippen molar-refractivity contribution in [3.8, 4) is 0 Å². The van der Waals surface area contributed by atoms with Crippen molar-refractivity contribution in [2.45, 2.75) is 73.3 Å². The average molecular weight is 557 g/mol. The zero-order chi connectivity index (χ0) is 29.5. The number of nitrogens with zero attached hydrogens (tertiary/aromatic N) is 1. The third-order valence-electron chi connectivity index (χ3n) is 9.19. The van der Waals surface area contributed by atoms with Gasteiger partial charge in [-0.2, -0.15) is 0 Å². The average Bonchev–Trinajstić information content (AvgIpc) is 2.88. The van der Waals surface area contributed by atoms with E-state index in [4.69, 9.17) is 10.1 Å². The van der Waals surface area contributed by atoms with Crippen LogP contribution in [0, 0.1) is 23.2 Å². The highest BCUT2D eigenvalue weighted by Gasteiger charge is 2.49. The molecule has 3 aliphatic rings. The van der Waals surface area contributed by atoms with E-state index >= 15 is 0 Å². The normalized spacial score (nSPS) is 20.3. The number of benzene rings is 1. The van der Waals surface area contributed by atoms with E-state index in [1.54, 1.807) is 0 Å². The molecule has 4 rings (SSSR count). The molecule has 2 saturated heterocycles. The number of rotatable bonds is 15. The van der Waals surface area contributed by atoms with Crippen LogP contribution in [0.4, 0.5) is 0 Å². The van der Waals surface area contributed by atoms with Crippen molar-refractivity contribution in [3.05, 3.63) is 87.8 Å². The van der Waals surface area contributed by atoms with Crippen molar-refractivity contribution < 1.29 is 4.74 Å². The Labute approximate surface area is 249 Å². The molecule has 5 heteroatoms. The lowest BCUT2D eigenvalue weighted by atomic mass is 9.66. The van der Waals surface area contributed by atoms with Gasteiger partial charge in [0, 0.05) is 61.5 Å². The molecule has 1 aromatic carbocycles. The highest BCUT2D eigenvalue weighted by Crippen LogP contribution is 2.44. The Kier molecular flexibility index (Phi) is 10.5. The van der Waals surface area contributed by atoms with E-state index in [0.29, 0.717) is 17.4 Å². The van der Waals surface area contributed by atoms with Gasteiger partial charge in [-0.05, 0) is 69.1 Å². The summed E-state index contributed by atoms with van der Waals surface area (Å²) in [6, 6.07) is 6.68. The molecular formula is C36H52N4O. The lowest BCUT2D eigenvalue weighted by molar-refractivity contribution is -0.179. The summed E-state index contributed by atoms with van der Waals surface area (Å²) in [4.78, 5) is 2.40. The summed E-state index contributed by atoms with van der Waals surface area (Å²) < 4.78 is 5.47. The summed E-state index contributed by atoms with van der Waals surface area (Å²) in [6.45, 7) is 21.6.